The Kier molecular flexibility index (Phi) is 4.51. The first-order valence-electron chi connectivity index (χ1n) is 7.71. The van der Waals surface area contributed by atoms with Gasteiger partial charge in [-0.25, -0.2) is 0 Å². The van der Waals surface area contributed by atoms with Crippen molar-refractivity contribution in [1.82, 2.24) is 15.1 Å². The van der Waals surface area contributed by atoms with Gasteiger partial charge in [-0.3, -0.25) is 9.69 Å². The predicted octanol–water partition coefficient (Wildman–Crippen LogP) is 1.17. The average molecular weight is 267 g/mol. The molecular weight excluding hydrogens is 238 g/mol. The number of nitrogens with zero attached hydrogens (tertiary/aromatic N) is 2. The molecule has 2 atom stereocenters. The third-order valence-electron chi connectivity index (χ3n) is 5.26. The Morgan fingerprint density at radius 1 is 1.42 bits per heavy atom. The lowest BCUT2D eigenvalue weighted by Crippen LogP contribution is -2.57. The number of likely N-dealkylation sites (N-methyl/N-ethyl adjacent to an activating group) is 1. The van der Waals surface area contributed by atoms with Crippen LogP contribution in [0, 0.1) is 11.3 Å². The Bertz CT molecular complexity index is 323. The molecule has 0 bridgehead atoms. The van der Waals surface area contributed by atoms with Gasteiger partial charge >= 0.3 is 0 Å². The minimum absolute atomic E-state index is 0.159. The third kappa shape index (κ3) is 2.65. The van der Waals surface area contributed by atoms with Gasteiger partial charge in [0.15, 0.2) is 0 Å². The summed E-state index contributed by atoms with van der Waals surface area (Å²) in [6, 6.07) is 0.524. The van der Waals surface area contributed by atoms with Crippen molar-refractivity contribution in [2.45, 2.75) is 39.7 Å². The summed E-state index contributed by atoms with van der Waals surface area (Å²) in [4.78, 5) is 17.5. The molecule has 2 aliphatic rings. The van der Waals surface area contributed by atoms with Crippen LogP contribution >= 0.6 is 0 Å². The maximum Gasteiger partial charge on any atom is 0.230 e. The van der Waals surface area contributed by atoms with Crippen LogP contribution in [0.2, 0.25) is 0 Å². The molecule has 0 aromatic heterocycles. The summed E-state index contributed by atoms with van der Waals surface area (Å²) in [6.07, 6.45) is 2.11. The largest absolute Gasteiger partial charge is 0.339 e. The van der Waals surface area contributed by atoms with Gasteiger partial charge in [-0.2, -0.15) is 0 Å². The van der Waals surface area contributed by atoms with E-state index >= 15 is 0 Å². The highest BCUT2D eigenvalue weighted by Gasteiger charge is 2.46. The Balaban J connectivity index is 2.10. The predicted molar refractivity (Wildman–Crippen MR) is 78.0 cm³/mol. The first-order valence-corrected chi connectivity index (χ1v) is 7.71. The first-order chi connectivity index (χ1) is 9.01. The van der Waals surface area contributed by atoms with Crippen molar-refractivity contribution in [3.63, 3.8) is 0 Å². The molecule has 0 aliphatic carbocycles. The van der Waals surface area contributed by atoms with Gasteiger partial charge in [-0.15, -0.1) is 0 Å². The van der Waals surface area contributed by atoms with Crippen LogP contribution in [-0.4, -0.2) is 61.5 Å². The van der Waals surface area contributed by atoms with E-state index < -0.39 is 0 Å². The SMILES string of the molecule is CCC1CN(C(=O)C2(C(C)C)CCNC2)CCN1C. The van der Waals surface area contributed by atoms with Crippen LogP contribution in [0.4, 0.5) is 0 Å². The third-order valence-corrected chi connectivity index (χ3v) is 5.26. The summed E-state index contributed by atoms with van der Waals surface area (Å²) in [5.74, 6) is 0.800. The second-order valence-electron chi connectivity index (χ2n) is 6.53. The number of hydrogen-bond donors (Lipinski definition) is 1. The molecule has 4 heteroatoms. The van der Waals surface area contributed by atoms with Gasteiger partial charge in [0.05, 0.1) is 5.41 Å². The molecule has 2 heterocycles. The van der Waals surface area contributed by atoms with Crippen LogP contribution in [0.25, 0.3) is 0 Å². The molecule has 110 valence electrons. The van der Waals surface area contributed by atoms with Gasteiger partial charge in [0.25, 0.3) is 0 Å². The van der Waals surface area contributed by atoms with Gasteiger partial charge in [0.2, 0.25) is 5.91 Å². The molecule has 1 amide bonds. The molecule has 4 nitrogen and oxygen atoms in total. The number of carbonyl (C=O) groups excluding carboxylic acids is 1. The molecule has 2 saturated heterocycles. The molecule has 0 saturated carbocycles. The maximum atomic E-state index is 13.0. The molecule has 2 unspecified atom stereocenters. The van der Waals surface area contributed by atoms with E-state index in [1.54, 1.807) is 0 Å². The van der Waals surface area contributed by atoms with E-state index in [1.165, 1.54) is 0 Å². The van der Waals surface area contributed by atoms with Crippen LogP contribution in [-0.2, 0) is 4.79 Å². The van der Waals surface area contributed by atoms with Gasteiger partial charge in [0, 0.05) is 32.2 Å². The fourth-order valence-corrected chi connectivity index (χ4v) is 3.52. The van der Waals surface area contributed by atoms with E-state index in [0.29, 0.717) is 17.9 Å². The number of hydrogen-bond acceptors (Lipinski definition) is 3. The van der Waals surface area contributed by atoms with E-state index in [-0.39, 0.29) is 5.41 Å². The fourth-order valence-electron chi connectivity index (χ4n) is 3.52. The molecule has 2 aliphatic heterocycles. The number of carbonyl (C=O) groups is 1. The Hall–Kier alpha value is -0.610. The summed E-state index contributed by atoms with van der Waals surface area (Å²) in [5, 5.41) is 3.39. The molecular formula is C15H29N3O. The lowest BCUT2D eigenvalue weighted by molar-refractivity contribution is -0.146. The molecule has 0 spiro atoms. The van der Waals surface area contributed by atoms with Gasteiger partial charge < -0.3 is 10.2 Å². The zero-order chi connectivity index (χ0) is 14.0. The minimum Gasteiger partial charge on any atom is -0.339 e. The normalized spacial score (nSPS) is 33.1. The zero-order valence-electron chi connectivity index (χ0n) is 12.9. The fraction of sp³-hybridized carbons (Fsp3) is 0.933. The van der Waals surface area contributed by atoms with E-state index in [0.717, 1.165) is 45.6 Å². The van der Waals surface area contributed by atoms with Crippen molar-refractivity contribution in [3.05, 3.63) is 0 Å². The lowest BCUT2D eigenvalue weighted by Gasteiger charge is -2.43. The minimum atomic E-state index is -0.159. The highest BCUT2D eigenvalue weighted by atomic mass is 16.2. The average Bonchev–Trinajstić information content (AvgIpc) is 2.89. The monoisotopic (exact) mass is 267 g/mol. The molecule has 19 heavy (non-hydrogen) atoms. The van der Waals surface area contributed by atoms with Crippen molar-refractivity contribution in [2.75, 3.05) is 39.8 Å². The molecule has 0 aromatic carbocycles. The number of rotatable bonds is 3. The Morgan fingerprint density at radius 3 is 2.68 bits per heavy atom. The van der Waals surface area contributed by atoms with Crippen LogP contribution in [0.5, 0.6) is 0 Å². The van der Waals surface area contributed by atoms with E-state index in [9.17, 15) is 4.79 Å². The topological polar surface area (TPSA) is 35.6 Å². The van der Waals surface area contributed by atoms with Crippen LogP contribution in [0.1, 0.15) is 33.6 Å². The quantitative estimate of drug-likeness (QED) is 0.834. The molecule has 0 aromatic rings. The summed E-state index contributed by atoms with van der Waals surface area (Å²) in [7, 11) is 2.17. The van der Waals surface area contributed by atoms with Crippen molar-refractivity contribution < 1.29 is 4.79 Å². The van der Waals surface area contributed by atoms with Crippen LogP contribution in [0.3, 0.4) is 0 Å². The summed E-state index contributed by atoms with van der Waals surface area (Å²) < 4.78 is 0. The summed E-state index contributed by atoms with van der Waals surface area (Å²) in [5.41, 5.74) is -0.159. The second-order valence-corrected chi connectivity index (χ2v) is 6.53. The first kappa shape index (κ1) is 14.8. The van der Waals surface area contributed by atoms with Crippen LogP contribution < -0.4 is 5.32 Å². The molecule has 2 rings (SSSR count). The molecule has 2 fully saturated rings. The zero-order valence-corrected chi connectivity index (χ0v) is 12.9. The second kappa shape index (κ2) is 5.80. The van der Waals surface area contributed by atoms with Crippen molar-refractivity contribution >= 4 is 5.91 Å². The van der Waals surface area contributed by atoms with Gasteiger partial charge in [-0.05, 0) is 32.4 Å². The number of amides is 1. The van der Waals surface area contributed by atoms with Crippen LogP contribution in [0.15, 0.2) is 0 Å². The van der Waals surface area contributed by atoms with Gasteiger partial charge in [-0.1, -0.05) is 20.8 Å². The summed E-state index contributed by atoms with van der Waals surface area (Å²) in [6.45, 7) is 11.2. The summed E-state index contributed by atoms with van der Waals surface area (Å²) >= 11 is 0. The smallest absolute Gasteiger partial charge is 0.230 e. The Labute approximate surface area is 117 Å². The van der Waals surface area contributed by atoms with E-state index in [4.69, 9.17) is 0 Å². The molecule has 0 radical (unpaired) electrons. The van der Waals surface area contributed by atoms with Crippen molar-refractivity contribution in [1.29, 1.82) is 0 Å². The number of piperazine rings is 1. The lowest BCUT2D eigenvalue weighted by atomic mass is 9.75. The highest BCUT2D eigenvalue weighted by Crippen LogP contribution is 2.36. The van der Waals surface area contributed by atoms with Crippen molar-refractivity contribution in [2.24, 2.45) is 11.3 Å². The highest BCUT2D eigenvalue weighted by molar-refractivity contribution is 5.84. The van der Waals surface area contributed by atoms with E-state index in [1.807, 2.05) is 0 Å². The Morgan fingerprint density at radius 2 is 2.16 bits per heavy atom. The van der Waals surface area contributed by atoms with Crippen molar-refractivity contribution in [3.8, 4) is 0 Å². The molecule has 1 N–H and O–H groups in total. The standard InChI is InChI=1S/C15H29N3O/c1-5-13-10-18(9-8-17(13)4)14(19)15(12(2)3)6-7-16-11-15/h12-13,16H,5-11H2,1-4H3. The van der Waals surface area contributed by atoms with Gasteiger partial charge in [0.1, 0.15) is 0 Å². The maximum absolute atomic E-state index is 13.0. The van der Waals surface area contributed by atoms with E-state index in [2.05, 4.69) is 42.9 Å². The number of nitrogens with one attached hydrogen (secondary N) is 1.